The summed E-state index contributed by atoms with van der Waals surface area (Å²) in [6.07, 6.45) is -0.213. The Kier molecular flexibility index (Phi) is 3.49. The van der Waals surface area contributed by atoms with Gasteiger partial charge in [0, 0.05) is 6.04 Å². The molecule has 0 unspecified atom stereocenters. The Morgan fingerprint density at radius 3 is 2.67 bits per heavy atom. The summed E-state index contributed by atoms with van der Waals surface area (Å²) in [6, 6.07) is 2.98. The molecule has 0 aliphatic carbocycles. The lowest BCUT2D eigenvalue weighted by molar-refractivity contribution is -0.136. The number of carboxylic acids is 1. The number of carboxylic acid groups (broad SMARTS) is 1. The van der Waals surface area contributed by atoms with Gasteiger partial charge in [-0.2, -0.15) is 0 Å². The normalized spacial score (nSPS) is 10.3. The molecule has 1 aromatic heterocycles. The number of amides is 1. The first kappa shape index (κ1) is 11.3. The highest BCUT2D eigenvalue weighted by molar-refractivity contribution is 5.91. The minimum Gasteiger partial charge on any atom is -0.481 e. The molecule has 15 heavy (non-hydrogen) atoms. The summed E-state index contributed by atoms with van der Waals surface area (Å²) in [7, 11) is 0. The Labute approximate surface area is 87.1 Å². The average Bonchev–Trinajstić information content (AvgIpc) is 2.50. The van der Waals surface area contributed by atoms with Crippen LogP contribution in [0.25, 0.3) is 0 Å². The van der Waals surface area contributed by atoms with Crippen LogP contribution >= 0.6 is 0 Å². The van der Waals surface area contributed by atoms with Crippen molar-refractivity contribution < 1.29 is 19.1 Å². The molecular weight excluding hydrogens is 198 g/mol. The van der Waals surface area contributed by atoms with Crippen LogP contribution in [0, 0.1) is 0 Å². The van der Waals surface area contributed by atoms with E-state index in [0.29, 0.717) is 0 Å². The summed E-state index contributed by atoms with van der Waals surface area (Å²) in [4.78, 5) is 21.8. The van der Waals surface area contributed by atoms with Crippen molar-refractivity contribution in [2.45, 2.75) is 26.3 Å². The Balaban J connectivity index is 2.67. The van der Waals surface area contributed by atoms with Crippen LogP contribution in [0.5, 0.6) is 0 Å². The molecule has 0 fully saturated rings. The summed E-state index contributed by atoms with van der Waals surface area (Å²) in [6.45, 7) is 3.66. The van der Waals surface area contributed by atoms with Crippen LogP contribution in [0.15, 0.2) is 16.5 Å². The maximum atomic E-state index is 11.4. The molecule has 5 nitrogen and oxygen atoms in total. The minimum atomic E-state index is -0.986. The van der Waals surface area contributed by atoms with Gasteiger partial charge in [0.15, 0.2) is 5.76 Å². The summed E-state index contributed by atoms with van der Waals surface area (Å²) < 4.78 is 5.06. The number of hydrogen-bond donors (Lipinski definition) is 2. The summed E-state index contributed by atoms with van der Waals surface area (Å²) >= 11 is 0. The van der Waals surface area contributed by atoms with Crippen molar-refractivity contribution in [3.63, 3.8) is 0 Å². The molecule has 0 aliphatic heterocycles. The van der Waals surface area contributed by atoms with E-state index in [0.717, 1.165) is 0 Å². The molecule has 0 aliphatic rings. The third-order valence-electron chi connectivity index (χ3n) is 1.63. The lowest BCUT2D eigenvalue weighted by atomic mass is 10.3. The number of furan rings is 1. The second kappa shape index (κ2) is 4.63. The zero-order valence-corrected chi connectivity index (χ0v) is 8.61. The van der Waals surface area contributed by atoms with Crippen molar-refractivity contribution in [2.24, 2.45) is 0 Å². The summed E-state index contributed by atoms with van der Waals surface area (Å²) in [5.74, 6) is -0.904. The number of aliphatic carboxylic acids is 1. The van der Waals surface area contributed by atoms with Crippen molar-refractivity contribution >= 4 is 11.9 Å². The smallest absolute Gasteiger partial charge is 0.311 e. The fraction of sp³-hybridized carbons (Fsp3) is 0.400. The van der Waals surface area contributed by atoms with E-state index < -0.39 is 5.97 Å². The quantitative estimate of drug-likeness (QED) is 0.780. The van der Waals surface area contributed by atoms with E-state index in [1.54, 1.807) is 0 Å². The number of hydrogen-bond acceptors (Lipinski definition) is 3. The molecule has 1 aromatic rings. The van der Waals surface area contributed by atoms with Gasteiger partial charge in [0.05, 0.1) is 0 Å². The Bertz CT molecular complexity index is 367. The van der Waals surface area contributed by atoms with Crippen molar-refractivity contribution in [3.8, 4) is 0 Å². The third kappa shape index (κ3) is 3.46. The van der Waals surface area contributed by atoms with Crippen LogP contribution in [-0.4, -0.2) is 23.0 Å². The fourth-order valence-corrected chi connectivity index (χ4v) is 1.08. The summed E-state index contributed by atoms with van der Waals surface area (Å²) in [5, 5.41) is 11.1. The molecule has 2 N–H and O–H groups in total. The van der Waals surface area contributed by atoms with E-state index in [9.17, 15) is 9.59 Å². The van der Waals surface area contributed by atoms with E-state index in [4.69, 9.17) is 9.52 Å². The first-order valence-electron chi connectivity index (χ1n) is 4.60. The van der Waals surface area contributed by atoms with Crippen molar-refractivity contribution in [2.75, 3.05) is 0 Å². The van der Waals surface area contributed by atoms with Crippen LogP contribution in [0.4, 0.5) is 0 Å². The molecule has 0 bridgehead atoms. The van der Waals surface area contributed by atoms with Gasteiger partial charge in [0.25, 0.3) is 5.91 Å². The maximum absolute atomic E-state index is 11.4. The van der Waals surface area contributed by atoms with Crippen LogP contribution in [0.3, 0.4) is 0 Å². The van der Waals surface area contributed by atoms with Gasteiger partial charge >= 0.3 is 5.97 Å². The monoisotopic (exact) mass is 211 g/mol. The first-order chi connectivity index (χ1) is 6.99. The van der Waals surface area contributed by atoms with Crippen LogP contribution in [-0.2, 0) is 11.2 Å². The third-order valence-corrected chi connectivity index (χ3v) is 1.63. The highest BCUT2D eigenvalue weighted by Gasteiger charge is 2.13. The molecule has 0 radical (unpaired) electrons. The molecule has 0 aromatic carbocycles. The topological polar surface area (TPSA) is 79.5 Å². The van der Waals surface area contributed by atoms with Gasteiger partial charge in [-0.15, -0.1) is 0 Å². The van der Waals surface area contributed by atoms with Crippen molar-refractivity contribution in [1.82, 2.24) is 5.32 Å². The fourth-order valence-electron chi connectivity index (χ4n) is 1.08. The van der Waals surface area contributed by atoms with Crippen molar-refractivity contribution in [3.05, 3.63) is 23.7 Å². The van der Waals surface area contributed by atoms with Gasteiger partial charge in [0.2, 0.25) is 0 Å². The second-order valence-electron chi connectivity index (χ2n) is 3.46. The zero-order chi connectivity index (χ0) is 11.4. The maximum Gasteiger partial charge on any atom is 0.311 e. The first-order valence-corrected chi connectivity index (χ1v) is 4.60. The van der Waals surface area contributed by atoms with E-state index in [1.807, 2.05) is 13.8 Å². The van der Waals surface area contributed by atoms with E-state index >= 15 is 0 Å². The molecule has 1 amide bonds. The standard InChI is InChI=1S/C10H13NO4/c1-6(2)11-10(14)8-4-3-7(15-8)5-9(12)13/h3-4,6H,5H2,1-2H3,(H,11,14)(H,12,13). The predicted octanol–water partition coefficient (Wildman–Crippen LogP) is 1.04. The van der Waals surface area contributed by atoms with Crippen LogP contribution < -0.4 is 5.32 Å². The van der Waals surface area contributed by atoms with E-state index in [-0.39, 0.29) is 29.9 Å². The predicted molar refractivity (Wildman–Crippen MR) is 52.7 cm³/mol. The zero-order valence-electron chi connectivity index (χ0n) is 8.61. The SMILES string of the molecule is CC(C)NC(=O)c1ccc(CC(=O)O)o1. The highest BCUT2D eigenvalue weighted by Crippen LogP contribution is 2.08. The largest absolute Gasteiger partial charge is 0.481 e. The highest BCUT2D eigenvalue weighted by atomic mass is 16.4. The Hall–Kier alpha value is -1.78. The number of carbonyl (C=O) groups excluding carboxylic acids is 1. The van der Waals surface area contributed by atoms with E-state index in [1.165, 1.54) is 12.1 Å². The molecule has 0 spiro atoms. The molecule has 0 atom stereocenters. The minimum absolute atomic E-state index is 0.0190. The molecule has 5 heteroatoms. The number of carbonyl (C=O) groups is 2. The van der Waals surface area contributed by atoms with Gasteiger partial charge in [0.1, 0.15) is 12.2 Å². The van der Waals surface area contributed by atoms with Crippen molar-refractivity contribution in [1.29, 1.82) is 0 Å². The lowest BCUT2D eigenvalue weighted by Gasteiger charge is -2.05. The Morgan fingerprint density at radius 1 is 1.47 bits per heavy atom. The number of nitrogens with one attached hydrogen (secondary N) is 1. The van der Waals surface area contributed by atoms with Gasteiger partial charge < -0.3 is 14.8 Å². The van der Waals surface area contributed by atoms with Gasteiger partial charge in [-0.1, -0.05) is 0 Å². The number of rotatable bonds is 4. The second-order valence-corrected chi connectivity index (χ2v) is 3.46. The molecular formula is C10H13NO4. The van der Waals surface area contributed by atoms with E-state index in [2.05, 4.69) is 5.32 Å². The molecule has 82 valence electrons. The molecule has 1 heterocycles. The lowest BCUT2D eigenvalue weighted by Crippen LogP contribution is -2.29. The molecule has 0 saturated heterocycles. The Morgan fingerprint density at radius 2 is 2.13 bits per heavy atom. The van der Waals surface area contributed by atoms with Crippen LogP contribution in [0.2, 0.25) is 0 Å². The van der Waals surface area contributed by atoms with Gasteiger partial charge in [-0.25, -0.2) is 0 Å². The van der Waals surface area contributed by atoms with Gasteiger partial charge in [-0.3, -0.25) is 9.59 Å². The molecule has 1 rings (SSSR count). The average molecular weight is 211 g/mol. The van der Waals surface area contributed by atoms with Gasteiger partial charge in [-0.05, 0) is 26.0 Å². The van der Waals surface area contributed by atoms with Crippen LogP contribution in [0.1, 0.15) is 30.2 Å². The summed E-state index contributed by atoms with van der Waals surface area (Å²) in [5.41, 5.74) is 0. The molecule has 0 saturated carbocycles.